The molecule has 0 saturated carbocycles. The van der Waals surface area contributed by atoms with Crippen LogP contribution in [0.15, 0.2) is 84.9 Å². The molecule has 3 aromatic rings. The van der Waals surface area contributed by atoms with E-state index in [1.54, 1.807) is 7.11 Å². The third-order valence-electron chi connectivity index (χ3n) is 3.91. The molecule has 0 atom stereocenters. The summed E-state index contributed by atoms with van der Waals surface area (Å²) in [6.45, 7) is 0.287. The Labute approximate surface area is 165 Å². The second-order valence-electron chi connectivity index (χ2n) is 6.03. The van der Waals surface area contributed by atoms with E-state index in [1.165, 1.54) is 0 Å². The Balaban J connectivity index is 0.000000261. The van der Waals surface area contributed by atoms with Crippen LogP contribution >= 0.6 is 0 Å². The van der Waals surface area contributed by atoms with Gasteiger partial charge in [-0.3, -0.25) is 4.79 Å². The molecular formula is C24H24O4. The second-order valence-corrected chi connectivity index (χ2v) is 6.03. The third-order valence-corrected chi connectivity index (χ3v) is 3.91. The molecule has 28 heavy (non-hydrogen) atoms. The van der Waals surface area contributed by atoms with E-state index in [4.69, 9.17) is 9.47 Å². The number of hydrogen-bond acceptors (Lipinski definition) is 4. The fraction of sp³-hybridized carbons (Fsp3) is 0.167. The van der Waals surface area contributed by atoms with Gasteiger partial charge in [-0.2, -0.15) is 0 Å². The van der Waals surface area contributed by atoms with Gasteiger partial charge in [-0.25, -0.2) is 0 Å². The standard InChI is InChI=1S/C16H16O3.C8H8O/c1-18-15-9-7-14(8-10-15)12-19-16(17)11-13-5-3-2-4-6-13;9-7-6-8-4-2-1-3-5-8/h2-10H,11-12H2,1H3;1-5,7H,6H2. The van der Waals surface area contributed by atoms with Gasteiger partial charge in [0.25, 0.3) is 0 Å². The van der Waals surface area contributed by atoms with E-state index in [9.17, 15) is 9.59 Å². The second kappa shape index (κ2) is 12.1. The topological polar surface area (TPSA) is 52.6 Å². The molecule has 0 amide bonds. The van der Waals surface area contributed by atoms with Gasteiger partial charge in [0.1, 0.15) is 18.6 Å². The van der Waals surface area contributed by atoms with Crippen LogP contribution in [-0.2, 0) is 33.8 Å². The minimum absolute atomic E-state index is 0.220. The van der Waals surface area contributed by atoms with E-state index >= 15 is 0 Å². The van der Waals surface area contributed by atoms with Crippen LogP contribution in [0.1, 0.15) is 16.7 Å². The molecule has 0 fully saturated rings. The summed E-state index contributed by atoms with van der Waals surface area (Å²) in [6.07, 6.45) is 1.74. The van der Waals surface area contributed by atoms with Crippen molar-refractivity contribution < 1.29 is 19.1 Å². The van der Waals surface area contributed by atoms with Crippen LogP contribution in [0, 0.1) is 0 Å². The van der Waals surface area contributed by atoms with Gasteiger partial charge in [-0.15, -0.1) is 0 Å². The molecule has 0 aliphatic carbocycles. The lowest BCUT2D eigenvalue weighted by Crippen LogP contribution is -2.07. The summed E-state index contributed by atoms with van der Waals surface area (Å²) in [5.41, 5.74) is 2.98. The number of aldehydes is 1. The van der Waals surface area contributed by atoms with Crippen molar-refractivity contribution in [3.8, 4) is 5.75 Å². The summed E-state index contributed by atoms with van der Waals surface area (Å²) in [5, 5.41) is 0. The van der Waals surface area contributed by atoms with Gasteiger partial charge in [0, 0.05) is 6.42 Å². The van der Waals surface area contributed by atoms with Crippen molar-refractivity contribution in [2.45, 2.75) is 19.4 Å². The first-order chi connectivity index (χ1) is 13.7. The van der Waals surface area contributed by atoms with E-state index in [-0.39, 0.29) is 12.6 Å². The minimum Gasteiger partial charge on any atom is -0.497 e. The van der Waals surface area contributed by atoms with E-state index in [1.807, 2.05) is 84.9 Å². The van der Waals surface area contributed by atoms with E-state index in [0.717, 1.165) is 28.7 Å². The maximum Gasteiger partial charge on any atom is 0.310 e. The van der Waals surface area contributed by atoms with Crippen LogP contribution in [0.2, 0.25) is 0 Å². The number of hydrogen-bond donors (Lipinski definition) is 0. The molecule has 0 bridgehead atoms. The Bertz CT molecular complexity index is 827. The number of benzene rings is 3. The maximum absolute atomic E-state index is 11.7. The molecule has 0 radical (unpaired) electrons. The quantitative estimate of drug-likeness (QED) is 0.453. The highest BCUT2D eigenvalue weighted by atomic mass is 16.5. The van der Waals surface area contributed by atoms with Gasteiger partial charge in [-0.1, -0.05) is 72.8 Å². The molecule has 0 saturated heterocycles. The van der Waals surface area contributed by atoms with Gasteiger partial charge >= 0.3 is 5.97 Å². The summed E-state index contributed by atoms with van der Waals surface area (Å²) in [6, 6.07) is 26.7. The van der Waals surface area contributed by atoms with Crippen LogP contribution < -0.4 is 4.74 Å². The molecule has 3 rings (SSSR count). The zero-order chi connectivity index (χ0) is 20.0. The lowest BCUT2D eigenvalue weighted by molar-refractivity contribution is -0.144. The number of esters is 1. The SMILES string of the molecule is COc1ccc(COC(=O)Cc2ccccc2)cc1.O=CCc1ccccc1. The normalized spacial score (nSPS) is 9.61. The van der Waals surface area contributed by atoms with Crippen LogP contribution in [0.5, 0.6) is 5.75 Å². The van der Waals surface area contributed by atoms with Gasteiger partial charge < -0.3 is 14.3 Å². The Kier molecular flexibility index (Phi) is 9.01. The average molecular weight is 376 g/mol. The third kappa shape index (κ3) is 7.87. The first-order valence-electron chi connectivity index (χ1n) is 9.01. The number of ether oxygens (including phenoxy) is 2. The fourth-order valence-electron chi connectivity index (χ4n) is 2.41. The van der Waals surface area contributed by atoms with E-state index in [0.29, 0.717) is 12.8 Å². The van der Waals surface area contributed by atoms with E-state index < -0.39 is 0 Å². The molecule has 4 heteroatoms. The van der Waals surface area contributed by atoms with Gasteiger partial charge in [0.15, 0.2) is 0 Å². The number of methoxy groups -OCH3 is 1. The van der Waals surface area contributed by atoms with Gasteiger partial charge in [0.2, 0.25) is 0 Å². The van der Waals surface area contributed by atoms with Gasteiger partial charge in [0.05, 0.1) is 13.5 Å². The van der Waals surface area contributed by atoms with Crippen molar-refractivity contribution in [1.82, 2.24) is 0 Å². The summed E-state index contributed by atoms with van der Waals surface area (Å²) in [4.78, 5) is 21.6. The first-order valence-corrected chi connectivity index (χ1v) is 9.01. The highest BCUT2D eigenvalue weighted by molar-refractivity contribution is 5.72. The Morgan fingerprint density at radius 1 is 0.786 bits per heavy atom. The molecule has 144 valence electrons. The first kappa shape index (κ1) is 20.9. The lowest BCUT2D eigenvalue weighted by atomic mass is 10.1. The average Bonchev–Trinajstić information content (AvgIpc) is 2.75. The number of carbonyl (C=O) groups is 2. The fourth-order valence-corrected chi connectivity index (χ4v) is 2.41. The van der Waals surface area contributed by atoms with Crippen molar-refractivity contribution in [2.75, 3.05) is 7.11 Å². The van der Waals surface area contributed by atoms with Crippen LogP contribution in [0.25, 0.3) is 0 Å². The van der Waals surface area contributed by atoms with Crippen LogP contribution in [-0.4, -0.2) is 19.4 Å². The Hall–Kier alpha value is -3.40. The molecule has 0 spiro atoms. The van der Waals surface area contributed by atoms with Crippen LogP contribution in [0.3, 0.4) is 0 Å². The van der Waals surface area contributed by atoms with Crippen molar-refractivity contribution in [3.63, 3.8) is 0 Å². The van der Waals surface area contributed by atoms with Crippen molar-refractivity contribution >= 4 is 12.3 Å². The summed E-state index contributed by atoms with van der Waals surface area (Å²) >= 11 is 0. The molecule has 0 aliphatic rings. The van der Waals surface area contributed by atoms with Crippen LogP contribution in [0.4, 0.5) is 0 Å². The highest BCUT2D eigenvalue weighted by Crippen LogP contribution is 2.12. The van der Waals surface area contributed by atoms with Crippen molar-refractivity contribution in [1.29, 1.82) is 0 Å². The Morgan fingerprint density at radius 3 is 1.89 bits per heavy atom. The molecular weight excluding hydrogens is 352 g/mol. The Morgan fingerprint density at radius 2 is 1.36 bits per heavy atom. The van der Waals surface area contributed by atoms with Gasteiger partial charge in [-0.05, 0) is 28.8 Å². The highest BCUT2D eigenvalue weighted by Gasteiger charge is 2.05. The molecule has 0 N–H and O–H groups in total. The molecule has 4 nitrogen and oxygen atoms in total. The van der Waals surface area contributed by atoms with Crippen molar-refractivity contribution in [2.24, 2.45) is 0 Å². The molecule has 0 unspecified atom stereocenters. The maximum atomic E-state index is 11.7. The molecule has 0 aromatic heterocycles. The lowest BCUT2D eigenvalue weighted by Gasteiger charge is -2.06. The van der Waals surface area contributed by atoms with Crippen molar-refractivity contribution in [3.05, 3.63) is 102 Å². The molecule has 0 aliphatic heterocycles. The zero-order valence-corrected chi connectivity index (χ0v) is 15.9. The molecule has 0 heterocycles. The molecule has 3 aromatic carbocycles. The summed E-state index contributed by atoms with van der Waals surface area (Å²) in [5.74, 6) is 0.571. The minimum atomic E-state index is -0.220. The number of carbonyl (C=O) groups excluding carboxylic acids is 2. The summed E-state index contributed by atoms with van der Waals surface area (Å²) < 4.78 is 10.3. The summed E-state index contributed by atoms with van der Waals surface area (Å²) in [7, 11) is 1.62. The largest absolute Gasteiger partial charge is 0.497 e. The predicted molar refractivity (Wildman–Crippen MR) is 109 cm³/mol. The predicted octanol–water partition coefficient (Wildman–Crippen LogP) is 4.41. The monoisotopic (exact) mass is 376 g/mol. The smallest absolute Gasteiger partial charge is 0.310 e. The van der Waals surface area contributed by atoms with E-state index in [2.05, 4.69) is 0 Å². The zero-order valence-electron chi connectivity index (χ0n) is 15.9. The number of rotatable bonds is 7.